The smallest absolute Gasteiger partial charge is 0.191 e. The number of guanidine groups is 1. The van der Waals surface area contributed by atoms with Crippen LogP contribution in [-0.4, -0.2) is 25.7 Å². The Hall–Kier alpha value is -2.01. The molecule has 0 fully saturated rings. The zero-order chi connectivity index (χ0) is 17.4. The van der Waals surface area contributed by atoms with Crippen LogP contribution in [-0.2, 0) is 6.54 Å². The lowest BCUT2D eigenvalue weighted by molar-refractivity contribution is 0.242. The number of hydrogen-bond donors (Lipinski definition) is 2. The summed E-state index contributed by atoms with van der Waals surface area (Å²) < 4.78 is 5.74. The third-order valence-electron chi connectivity index (χ3n) is 3.56. The van der Waals surface area contributed by atoms with Crippen molar-refractivity contribution in [2.75, 3.05) is 13.6 Å². The highest BCUT2D eigenvalue weighted by molar-refractivity contribution is 7.10. The Morgan fingerprint density at radius 1 is 1.17 bits per heavy atom. The molecule has 1 heterocycles. The second kappa shape index (κ2) is 9.33. The van der Waals surface area contributed by atoms with Crippen molar-refractivity contribution in [3.8, 4) is 5.75 Å². The highest BCUT2D eigenvalue weighted by Crippen LogP contribution is 2.19. The molecule has 0 aliphatic rings. The molecule has 0 amide bonds. The summed E-state index contributed by atoms with van der Waals surface area (Å²) in [5.41, 5.74) is 1.17. The first kappa shape index (κ1) is 18.3. The fourth-order valence-electron chi connectivity index (χ4n) is 2.33. The Morgan fingerprint density at radius 2 is 2.00 bits per heavy atom. The van der Waals surface area contributed by atoms with E-state index in [1.807, 2.05) is 26.0 Å². The van der Waals surface area contributed by atoms with Gasteiger partial charge in [0.2, 0.25) is 0 Å². The number of nitrogens with zero attached hydrogens (tertiary/aromatic N) is 1. The summed E-state index contributed by atoms with van der Waals surface area (Å²) in [6.07, 6.45) is 0.182. The molecule has 1 aromatic heterocycles. The van der Waals surface area contributed by atoms with E-state index in [9.17, 15) is 0 Å². The maximum atomic E-state index is 5.74. The Kier molecular flexibility index (Phi) is 7.12. The van der Waals surface area contributed by atoms with E-state index in [1.165, 1.54) is 10.4 Å². The molecule has 4 nitrogen and oxygen atoms in total. The van der Waals surface area contributed by atoms with Crippen LogP contribution in [0.2, 0.25) is 0 Å². The van der Waals surface area contributed by atoms with Gasteiger partial charge in [-0.1, -0.05) is 25.1 Å². The van der Waals surface area contributed by atoms with E-state index in [4.69, 9.17) is 4.74 Å². The largest absolute Gasteiger partial charge is 0.491 e. The average molecular weight is 346 g/mol. The molecule has 130 valence electrons. The van der Waals surface area contributed by atoms with Crippen LogP contribution in [0.15, 0.2) is 46.8 Å². The maximum absolute atomic E-state index is 5.74. The molecule has 0 saturated heterocycles. The average Bonchev–Trinajstić information content (AvgIpc) is 3.09. The fourth-order valence-corrected chi connectivity index (χ4v) is 3.12. The lowest BCUT2D eigenvalue weighted by Crippen LogP contribution is -2.38. The number of ether oxygens (including phenoxy) is 1. The number of thiophene rings is 1. The Bertz CT molecular complexity index is 638. The van der Waals surface area contributed by atoms with Gasteiger partial charge in [-0.25, -0.2) is 0 Å². The minimum Gasteiger partial charge on any atom is -0.491 e. The normalized spacial score (nSPS) is 13.0. The molecular formula is C19H27N3OS. The first-order valence-corrected chi connectivity index (χ1v) is 9.20. The van der Waals surface area contributed by atoms with Gasteiger partial charge < -0.3 is 15.4 Å². The minimum absolute atomic E-state index is 0.182. The maximum Gasteiger partial charge on any atom is 0.191 e. The summed E-state index contributed by atoms with van der Waals surface area (Å²) >= 11 is 1.79. The standard InChI is InChI=1S/C19H27N3OS/c1-14(2)23-17-8-5-7-16(11-17)13-22-19(20-4)21-12-15(3)18-9-6-10-24-18/h5-11,14-15H,12-13H2,1-4H3,(H2,20,21,22). The van der Waals surface area contributed by atoms with Gasteiger partial charge in [0.15, 0.2) is 5.96 Å². The van der Waals surface area contributed by atoms with Crippen LogP contribution >= 0.6 is 11.3 Å². The zero-order valence-corrected chi connectivity index (χ0v) is 15.7. The van der Waals surface area contributed by atoms with Gasteiger partial charge >= 0.3 is 0 Å². The van der Waals surface area contributed by atoms with Gasteiger partial charge in [0.05, 0.1) is 6.10 Å². The van der Waals surface area contributed by atoms with Crippen molar-refractivity contribution >= 4 is 17.3 Å². The molecule has 5 heteroatoms. The van der Waals surface area contributed by atoms with E-state index < -0.39 is 0 Å². The molecule has 0 spiro atoms. The van der Waals surface area contributed by atoms with Crippen LogP contribution < -0.4 is 15.4 Å². The Balaban J connectivity index is 1.83. The molecule has 2 rings (SSSR count). The van der Waals surface area contributed by atoms with Crippen molar-refractivity contribution in [3.05, 3.63) is 52.2 Å². The molecular weight excluding hydrogens is 318 g/mol. The van der Waals surface area contributed by atoms with Crippen molar-refractivity contribution in [3.63, 3.8) is 0 Å². The summed E-state index contributed by atoms with van der Waals surface area (Å²) in [6.45, 7) is 7.86. The van der Waals surface area contributed by atoms with Gasteiger partial charge in [-0.05, 0) is 43.0 Å². The molecule has 24 heavy (non-hydrogen) atoms. The van der Waals surface area contributed by atoms with Crippen molar-refractivity contribution in [2.45, 2.75) is 39.3 Å². The van der Waals surface area contributed by atoms with Gasteiger partial charge in [0.1, 0.15) is 5.75 Å². The van der Waals surface area contributed by atoms with E-state index in [1.54, 1.807) is 18.4 Å². The van der Waals surface area contributed by atoms with E-state index in [2.05, 4.69) is 52.2 Å². The summed E-state index contributed by atoms with van der Waals surface area (Å²) in [7, 11) is 1.80. The second-order valence-corrected chi connectivity index (χ2v) is 7.02. The van der Waals surface area contributed by atoms with Crippen molar-refractivity contribution in [2.24, 2.45) is 4.99 Å². The fraction of sp³-hybridized carbons (Fsp3) is 0.421. The predicted molar refractivity (Wildman–Crippen MR) is 103 cm³/mol. The van der Waals surface area contributed by atoms with Crippen LogP contribution in [0.1, 0.15) is 37.1 Å². The molecule has 0 radical (unpaired) electrons. The molecule has 2 aromatic rings. The second-order valence-electron chi connectivity index (χ2n) is 6.04. The topological polar surface area (TPSA) is 45.7 Å². The Morgan fingerprint density at radius 3 is 2.67 bits per heavy atom. The summed E-state index contributed by atoms with van der Waals surface area (Å²) in [5.74, 6) is 2.18. The molecule has 0 saturated carbocycles. The zero-order valence-electron chi connectivity index (χ0n) is 14.9. The first-order chi connectivity index (χ1) is 11.6. The molecule has 2 N–H and O–H groups in total. The van der Waals surface area contributed by atoms with E-state index in [0.29, 0.717) is 12.5 Å². The van der Waals surface area contributed by atoms with Crippen molar-refractivity contribution in [1.82, 2.24) is 10.6 Å². The van der Waals surface area contributed by atoms with Crippen molar-refractivity contribution < 1.29 is 4.74 Å². The third kappa shape index (κ3) is 5.89. The highest BCUT2D eigenvalue weighted by Gasteiger charge is 2.07. The van der Waals surface area contributed by atoms with Gasteiger partial charge in [-0.3, -0.25) is 4.99 Å². The predicted octanol–water partition coefficient (Wildman–Crippen LogP) is 4.00. The summed E-state index contributed by atoms with van der Waals surface area (Å²) in [4.78, 5) is 5.68. The number of nitrogens with one attached hydrogen (secondary N) is 2. The molecule has 1 atom stereocenters. The van der Waals surface area contributed by atoms with Crippen LogP contribution in [0.3, 0.4) is 0 Å². The van der Waals surface area contributed by atoms with E-state index >= 15 is 0 Å². The van der Waals surface area contributed by atoms with E-state index in [0.717, 1.165) is 18.3 Å². The number of hydrogen-bond acceptors (Lipinski definition) is 3. The van der Waals surface area contributed by atoms with Gasteiger partial charge in [-0.2, -0.15) is 0 Å². The van der Waals surface area contributed by atoms with Gasteiger partial charge in [-0.15, -0.1) is 11.3 Å². The lowest BCUT2D eigenvalue weighted by Gasteiger charge is -2.16. The number of aliphatic imine (C=N–C) groups is 1. The Labute approximate surface area is 149 Å². The molecule has 1 aromatic carbocycles. The SMILES string of the molecule is CN=C(NCc1cccc(OC(C)C)c1)NCC(C)c1cccs1. The summed E-state index contributed by atoms with van der Waals surface area (Å²) in [5, 5.41) is 8.86. The third-order valence-corrected chi connectivity index (χ3v) is 4.66. The quantitative estimate of drug-likeness (QED) is 0.589. The van der Waals surface area contributed by atoms with Gasteiger partial charge in [0.25, 0.3) is 0 Å². The molecule has 0 aliphatic heterocycles. The molecule has 0 aliphatic carbocycles. The van der Waals surface area contributed by atoms with Crippen LogP contribution in [0, 0.1) is 0 Å². The molecule has 1 unspecified atom stereocenters. The minimum atomic E-state index is 0.182. The van der Waals surface area contributed by atoms with Crippen molar-refractivity contribution in [1.29, 1.82) is 0 Å². The number of benzene rings is 1. The van der Waals surface area contributed by atoms with E-state index in [-0.39, 0.29) is 6.10 Å². The molecule has 0 bridgehead atoms. The lowest BCUT2D eigenvalue weighted by atomic mass is 10.1. The van der Waals surface area contributed by atoms with Crippen LogP contribution in [0.25, 0.3) is 0 Å². The van der Waals surface area contributed by atoms with Crippen LogP contribution in [0.4, 0.5) is 0 Å². The first-order valence-electron chi connectivity index (χ1n) is 8.32. The monoisotopic (exact) mass is 345 g/mol. The van der Waals surface area contributed by atoms with Crippen LogP contribution in [0.5, 0.6) is 5.75 Å². The summed E-state index contributed by atoms with van der Waals surface area (Å²) in [6, 6.07) is 12.4. The number of rotatable bonds is 7. The van der Waals surface area contributed by atoms with Gasteiger partial charge in [0, 0.05) is 30.9 Å². The highest BCUT2D eigenvalue weighted by atomic mass is 32.1.